The quantitative estimate of drug-likeness (QED) is 0.824. The summed E-state index contributed by atoms with van der Waals surface area (Å²) in [4.78, 5) is 12.3. The van der Waals surface area contributed by atoms with Gasteiger partial charge in [0.25, 0.3) is 5.91 Å². The zero-order valence-corrected chi connectivity index (χ0v) is 11.6. The van der Waals surface area contributed by atoms with Gasteiger partial charge in [-0.25, -0.2) is 0 Å². The molecule has 0 saturated carbocycles. The Labute approximate surface area is 118 Å². The van der Waals surface area contributed by atoms with E-state index in [4.69, 9.17) is 0 Å². The van der Waals surface area contributed by atoms with Crippen LogP contribution in [0, 0.1) is 5.92 Å². The lowest BCUT2D eigenvalue weighted by Gasteiger charge is -2.24. The van der Waals surface area contributed by atoms with Crippen LogP contribution < -0.4 is 5.32 Å². The second-order valence-electron chi connectivity index (χ2n) is 5.51. The van der Waals surface area contributed by atoms with Crippen LogP contribution in [0.25, 0.3) is 0 Å². The second kappa shape index (κ2) is 5.49. The van der Waals surface area contributed by atoms with E-state index in [0.29, 0.717) is 11.5 Å². The molecule has 0 fully saturated rings. The first-order valence-electron chi connectivity index (χ1n) is 7.13. The standard InChI is InChI=1S/C16H19N3O/c1-11-5-4-7-12-6-2-3-8-14(12)15(11)19-16(20)13-9-17-18-10-13/h2-3,6,8-11,15H,4-5,7H2,1H3,(H,17,18)(H,19,20). The lowest BCUT2D eigenvalue weighted by molar-refractivity contribution is 0.0923. The average Bonchev–Trinajstić information content (AvgIpc) is 2.94. The highest BCUT2D eigenvalue weighted by atomic mass is 16.1. The summed E-state index contributed by atoms with van der Waals surface area (Å²) in [6.45, 7) is 2.21. The molecule has 2 N–H and O–H groups in total. The van der Waals surface area contributed by atoms with Crippen molar-refractivity contribution in [3.63, 3.8) is 0 Å². The summed E-state index contributed by atoms with van der Waals surface area (Å²) in [5.41, 5.74) is 3.20. The van der Waals surface area contributed by atoms with E-state index in [-0.39, 0.29) is 11.9 Å². The molecule has 3 rings (SSSR count). The fourth-order valence-corrected chi connectivity index (χ4v) is 2.97. The molecule has 20 heavy (non-hydrogen) atoms. The minimum atomic E-state index is -0.0627. The van der Waals surface area contributed by atoms with E-state index in [9.17, 15) is 4.79 Å². The minimum Gasteiger partial charge on any atom is -0.345 e. The zero-order chi connectivity index (χ0) is 13.9. The number of amides is 1. The Morgan fingerprint density at radius 3 is 3.05 bits per heavy atom. The van der Waals surface area contributed by atoms with Gasteiger partial charge in [0.2, 0.25) is 0 Å². The van der Waals surface area contributed by atoms with Gasteiger partial charge in [0.05, 0.1) is 17.8 Å². The van der Waals surface area contributed by atoms with Crippen LogP contribution in [0.2, 0.25) is 0 Å². The van der Waals surface area contributed by atoms with E-state index in [2.05, 4.69) is 40.6 Å². The smallest absolute Gasteiger partial charge is 0.254 e. The topological polar surface area (TPSA) is 57.8 Å². The SMILES string of the molecule is CC1CCCc2ccccc2C1NC(=O)c1cn[nH]c1. The summed E-state index contributed by atoms with van der Waals surface area (Å²) in [7, 11) is 0. The molecule has 2 aromatic rings. The molecule has 0 bridgehead atoms. The van der Waals surface area contributed by atoms with Crippen molar-refractivity contribution in [2.24, 2.45) is 5.92 Å². The molecule has 1 heterocycles. The van der Waals surface area contributed by atoms with E-state index in [1.54, 1.807) is 12.4 Å². The van der Waals surface area contributed by atoms with Crippen molar-refractivity contribution in [3.8, 4) is 0 Å². The van der Waals surface area contributed by atoms with Crippen LogP contribution in [0.1, 0.15) is 47.3 Å². The lowest BCUT2D eigenvalue weighted by atomic mass is 9.92. The third-order valence-corrected chi connectivity index (χ3v) is 4.11. The summed E-state index contributed by atoms with van der Waals surface area (Å²) >= 11 is 0. The Morgan fingerprint density at radius 2 is 2.25 bits per heavy atom. The van der Waals surface area contributed by atoms with E-state index < -0.39 is 0 Å². The van der Waals surface area contributed by atoms with Crippen molar-refractivity contribution in [1.29, 1.82) is 0 Å². The number of hydrogen-bond acceptors (Lipinski definition) is 2. The number of aromatic nitrogens is 2. The number of rotatable bonds is 2. The van der Waals surface area contributed by atoms with Crippen molar-refractivity contribution in [2.75, 3.05) is 0 Å². The number of benzene rings is 1. The van der Waals surface area contributed by atoms with E-state index in [0.717, 1.165) is 12.8 Å². The number of carbonyl (C=O) groups is 1. The number of carbonyl (C=O) groups excluding carboxylic acids is 1. The molecule has 0 saturated heterocycles. The maximum absolute atomic E-state index is 12.3. The molecule has 1 aromatic carbocycles. The largest absolute Gasteiger partial charge is 0.345 e. The van der Waals surface area contributed by atoms with Crippen molar-refractivity contribution < 1.29 is 4.79 Å². The van der Waals surface area contributed by atoms with Crippen LogP contribution in [0.5, 0.6) is 0 Å². The lowest BCUT2D eigenvalue weighted by Crippen LogP contribution is -2.32. The van der Waals surface area contributed by atoms with Crippen molar-refractivity contribution in [2.45, 2.75) is 32.2 Å². The van der Waals surface area contributed by atoms with Gasteiger partial charge in [0, 0.05) is 6.20 Å². The number of aryl methyl sites for hydroxylation is 1. The monoisotopic (exact) mass is 269 g/mol. The minimum absolute atomic E-state index is 0.0627. The number of fused-ring (bicyclic) bond motifs is 1. The number of aromatic amines is 1. The van der Waals surface area contributed by atoms with Crippen molar-refractivity contribution in [1.82, 2.24) is 15.5 Å². The third kappa shape index (κ3) is 2.46. The normalized spacial score (nSPS) is 21.9. The maximum atomic E-state index is 12.3. The number of H-pyrrole nitrogens is 1. The average molecular weight is 269 g/mol. The summed E-state index contributed by atoms with van der Waals surface area (Å²) in [5, 5.41) is 9.68. The Kier molecular flexibility index (Phi) is 3.54. The van der Waals surface area contributed by atoms with Gasteiger partial charge in [0.1, 0.15) is 0 Å². The highest BCUT2D eigenvalue weighted by Gasteiger charge is 2.26. The van der Waals surface area contributed by atoms with Crippen LogP contribution in [-0.4, -0.2) is 16.1 Å². The predicted octanol–water partition coefficient (Wildman–Crippen LogP) is 2.85. The molecule has 4 nitrogen and oxygen atoms in total. The molecule has 1 aromatic heterocycles. The molecule has 104 valence electrons. The molecule has 4 heteroatoms. The van der Waals surface area contributed by atoms with E-state index in [1.807, 2.05) is 6.07 Å². The third-order valence-electron chi connectivity index (χ3n) is 4.11. The molecule has 1 aliphatic carbocycles. The molecular weight excluding hydrogens is 250 g/mol. The van der Waals surface area contributed by atoms with E-state index >= 15 is 0 Å². The molecule has 2 unspecified atom stereocenters. The van der Waals surface area contributed by atoms with Crippen molar-refractivity contribution in [3.05, 3.63) is 53.3 Å². The Morgan fingerprint density at radius 1 is 1.40 bits per heavy atom. The van der Waals surface area contributed by atoms with Gasteiger partial charge in [-0.15, -0.1) is 0 Å². The van der Waals surface area contributed by atoms with Crippen LogP contribution in [0.15, 0.2) is 36.7 Å². The highest BCUT2D eigenvalue weighted by Crippen LogP contribution is 2.33. The Balaban J connectivity index is 1.88. The number of hydrogen-bond donors (Lipinski definition) is 2. The summed E-state index contributed by atoms with van der Waals surface area (Å²) in [5.74, 6) is 0.377. The molecule has 0 aliphatic heterocycles. The molecular formula is C16H19N3O. The Bertz CT molecular complexity index is 592. The number of nitrogens with zero attached hydrogens (tertiary/aromatic N) is 1. The van der Waals surface area contributed by atoms with Gasteiger partial charge in [-0.05, 0) is 36.3 Å². The summed E-state index contributed by atoms with van der Waals surface area (Å²) < 4.78 is 0. The predicted molar refractivity (Wildman–Crippen MR) is 77.3 cm³/mol. The van der Waals surface area contributed by atoms with Gasteiger partial charge in [0.15, 0.2) is 0 Å². The van der Waals surface area contributed by atoms with Crippen LogP contribution in [-0.2, 0) is 6.42 Å². The van der Waals surface area contributed by atoms with Gasteiger partial charge < -0.3 is 5.32 Å². The van der Waals surface area contributed by atoms with Gasteiger partial charge in [-0.3, -0.25) is 9.89 Å². The number of nitrogens with one attached hydrogen (secondary N) is 2. The van der Waals surface area contributed by atoms with Gasteiger partial charge in [-0.1, -0.05) is 31.2 Å². The molecule has 0 radical (unpaired) electrons. The zero-order valence-electron chi connectivity index (χ0n) is 11.6. The van der Waals surface area contributed by atoms with Gasteiger partial charge in [-0.2, -0.15) is 5.10 Å². The first-order chi connectivity index (χ1) is 9.75. The summed E-state index contributed by atoms with van der Waals surface area (Å²) in [6, 6.07) is 8.51. The molecule has 2 atom stereocenters. The maximum Gasteiger partial charge on any atom is 0.254 e. The van der Waals surface area contributed by atoms with Crippen LogP contribution in [0.3, 0.4) is 0 Å². The highest BCUT2D eigenvalue weighted by molar-refractivity contribution is 5.93. The Hall–Kier alpha value is -2.10. The van der Waals surface area contributed by atoms with Crippen LogP contribution in [0.4, 0.5) is 0 Å². The molecule has 1 aliphatic rings. The van der Waals surface area contributed by atoms with Crippen LogP contribution >= 0.6 is 0 Å². The van der Waals surface area contributed by atoms with E-state index in [1.165, 1.54) is 17.5 Å². The summed E-state index contributed by atoms with van der Waals surface area (Å²) in [6.07, 6.45) is 6.59. The van der Waals surface area contributed by atoms with Crippen molar-refractivity contribution >= 4 is 5.91 Å². The molecule has 0 spiro atoms. The first-order valence-corrected chi connectivity index (χ1v) is 7.13. The second-order valence-corrected chi connectivity index (χ2v) is 5.51. The fraction of sp³-hybridized carbons (Fsp3) is 0.375. The fourth-order valence-electron chi connectivity index (χ4n) is 2.97. The van der Waals surface area contributed by atoms with Gasteiger partial charge >= 0.3 is 0 Å². The first kappa shape index (κ1) is 12.9. The molecule has 1 amide bonds.